The molecular formula is C17H23N3O2S. The monoisotopic (exact) mass is 333 g/mol. The number of benzene rings is 1. The number of anilines is 2. The van der Waals surface area contributed by atoms with E-state index in [9.17, 15) is 8.42 Å². The molecule has 6 heteroatoms. The Kier molecular flexibility index (Phi) is 5.60. The van der Waals surface area contributed by atoms with Gasteiger partial charge in [-0.2, -0.15) is 0 Å². The van der Waals surface area contributed by atoms with E-state index in [2.05, 4.69) is 28.9 Å². The highest BCUT2D eigenvalue weighted by atomic mass is 32.2. The summed E-state index contributed by atoms with van der Waals surface area (Å²) < 4.78 is 27.2. The molecule has 1 aromatic heterocycles. The van der Waals surface area contributed by atoms with E-state index in [0.29, 0.717) is 11.9 Å². The van der Waals surface area contributed by atoms with Gasteiger partial charge in [-0.05, 0) is 49.6 Å². The van der Waals surface area contributed by atoms with E-state index in [1.54, 1.807) is 24.4 Å². The van der Waals surface area contributed by atoms with Crippen LogP contribution in [0.15, 0.2) is 47.5 Å². The van der Waals surface area contributed by atoms with Gasteiger partial charge < -0.3 is 5.32 Å². The lowest BCUT2D eigenvalue weighted by Crippen LogP contribution is -2.15. The van der Waals surface area contributed by atoms with Gasteiger partial charge in [0.1, 0.15) is 5.82 Å². The summed E-state index contributed by atoms with van der Waals surface area (Å²) in [6.45, 7) is 6.20. The fourth-order valence-electron chi connectivity index (χ4n) is 2.03. The molecule has 0 aliphatic heterocycles. The van der Waals surface area contributed by atoms with Crippen LogP contribution in [0.1, 0.15) is 32.8 Å². The summed E-state index contributed by atoms with van der Waals surface area (Å²) in [6, 6.07) is 10.7. The molecule has 2 rings (SSSR count). The lowest BCUT2D eigenvalue weighted by Gasteiger charge is -2.13. The van der Waals surface area contributed by atoms with Crippen molar-refractivity contribution < 1.29 is 8.42 Å². The van der Waals surface area contributed by atoms with Crippen LogP contribution < -0.4 is 10.0 Å². The molecule has 2 N–H and O–H groups in total. The second-order valence-corrected chi connectivity index (χ2v) is 7.17. The molecule has 1 unspecified atom stereocenters. The van der Waals surface area contributed by atoms with Crippen molar-refractivity contribution in [1.29, 1.82) is 0 Å². The third-order valence-corrected chi connectivity index (χ3v) is 5.04. The first-order valence-corrected chi connectivity index (χ1v) is 9.27. The Bertz CT molecular complexity index is 725. The van der Waals surface area contributed by atoms with Crippen molar-refractivity contribution in [2.24, 2.45) is 0 Å². The van der Waals surface area contributed by atoms with E-state index in [1.165, 1.54) is 0 Å². The summed E-state index contributed by atoms with van der Waals surface area (Å²) in [5, 5.41) is 3.29. The average Bonchev–Trinajstić information content (AvgIpc) is 2.56. The van der Waals surface area contributed by atoms with Gasteiger partial charge in [0, 0.05) is 6.04 Å². The molecule has 0 saturated heterocycles. The topological polar surface area (TPSA) is 71.1 Å². The number of sulfonamides is 1. The second-order valence-electron chi connectivity index (χ2n) is 5.49. The normalized spacial score (nSPS) is 12.7. The first kappa shape index (κ1) is 17.3. The Balaban J connectivity index is 2.10. The van der Waals surface area contributed by atoms with Gasteiger partial charge in [-0.25, -0.2) is 13.4 Å². The maximum absolute atomic E-state index is 12.3. The van der Waals surface area contributed by atoms with Crippen molar-refractivity contribution in [3.63, 3.8) is 0 Å². The van der Waals surface area contributed by atoms with E-state index in [1.807, 2.05) is 25.1 Å². The van der Waals surface area contributed by atoms with Gasteiger partial charge in [0.25, 0.3) is 10.0 Å². The van der Waals surface area contributed by atoms with Crippen LogP contribution in [0.3, 0.4) is 0 Å². The van der Waals surface area contributed by atoms with Crippen molar-refractivity contribution in [2.45, 2.75) is 44.6 Å². The van der Waals surface area contributed by atoms with Gasteiger partial charge in [0.2, 0.25) is 0 Å². The second kappa shape index (κ2) is 7.46. The van der Waals surface area contributed by atoms with Crippen molar-refractivity contribution in [2.75, 3.05) is 10.0 Å². The molecule has 1 heterocycles. The van der Waals surface area contributed by atoms with E-state index in [-0.39, 0.29) is 4.90 Å². The SMILES string of the molecule is CCc1ccc(S(=O)(=O)Nc2ccc(NC(C)CC)cn2)cc1. The zero-order valence-electron chi connectivity index (χ0n) is 13.7. The average molecular weight is 333 g/mol. The summed E-state index contributed by atoms with van der Waals surface area (Å²) >= 11 is 0. The van der Waals surface area contributed by atoms with Crippen molar-refractivity contribution in [3.8, 4) is 0 Å². The van der Waals surface area contributed by atoms with E-state index in [0.717, 1.165) is 24.1 Å². The smallest absolute Gasteiger partial charge is 0.263 e. The van der Waals surface area contributed by atoms with E-state index >= 15 is 0 Å². The number of pyridine rings is 1. The molecule has 1 aromatic carbocycles. The minimum atomic E-state index is -3.61. The quantitative estimate of drug-likeness (QED) is 0.811. The van der Waals surface area contributed by atoms with Gasteiger partial charge in [-0.1, -0.05) is 26.0 Å². The Hall–Kier alpha value is -2.08. The predicted octanol–water partition coefficient (Wildman–Crippen LogP) is 3.66. The Morgan fingerprint density at radius 2 is 1.78 bits per heavy atom. The molecule has 0 saturated carbocycles. The number of nitrogens with one attached hydrogen (secondary N) is 2. The molecule has 0 aliphatic carbocycles. The zero-order valence-corrected chi connectivity index (χ0v) is 14.5. The van der Waals surface area contributed by atoms with Crippen LogP contribution in [0.25, 0.3) is 0 Å². The maximum Gasteiger partial charge on any atom is 0.263 e. The van der Waals surface area contributed by atoms with Gasteiger partial charge >= 0.3 is 0 Å². The first-order valence-electron chi connectivity index (χ1n) is 7.79. The van der Waals surface area contributed by atoms with Crippen LogP contribution in [0.5, 0.6) is 0 Å². The lowest BCUT2D eigenvalue weighted by molar-refractivity contribution is 0.601. The maximum atomic E-state index is 12.3. The number of aromatic nitrogens is 1. The molecule has 0 amide bonds. The summed E-state index contributed by atoms with van der Waals surface area (Å²) in [5.41, 5.74) is 1.97. The van der Waals surface area contributed by atoms with Crippen LogP contribution in [-0.4, -0.2) is 19.4 Å². The molecule has 124 valence electrons. The molecule has 0 bridgehead atoms. The molecule has 23 heavy (non-hydrogen) atoms. The summed E-state index contributed by atoms with van der Waals surface area (Å²) in [5.74, 6) is 0.305. The van der Waals surface area contributed by atoms with Crippen LogP contribution in [0.4, 0.5) is 11.5 Å². The van der Waals surface area contributed by atoms with Crippen LogP contribution in [0.2, 0.25) is 0 Å². The number of hydrogen-bond acceptors (Lipinski definition) is 4. The molecule has 0 spiro atoms. The molecule has 1 atom stereocenters. The fourth-order valence-corrected chi connectivity index (χ4v) is 3.04. The Morgan fingerprint density at radius 1 is 1.09 bits per heavy atom. The number of aryl methyl sites for hydroxylation is 1. The predicted molar refractivity (Wildman–Crippen MR) is 94.2 cm³/mol. The van der Waals surface area contributed by atoms with E-state index < -0.39 is 10.0 Å². The zero-order chi connectivity index (χ0) is 16.9. The third kappa shape index (κ3) is 4.69. The minimum Gasteiger partial charge on any atom is -0.381 e. The van der Waals surface area contributed by atoms with E-state index in [4.69, 9.17) is 0 Å². The largest absolute Gasteiger partial charge is 0.381 e. The van der Waals surface area contributed by atoms with Crippen molar-refractivity contribution >= 4 is 21.5 Å². The molecular weight excluding hydrogens is 310 g/mol. The molecule has 0 radical (unpaired) electrons. The van der Waals surface area contributed by atoms with Gasteiger partial charge in [-0.15, -0.1) is 0 Å². The highest BCUT2D eigenvalue weighted by molar-refractivity contribution is 7.92. The van der Waals surface area contributed by atoms with Gasteiger partial charge in [-0.3, -0.25) is 4.72 Å². The lowest BCUT2D eigenvalue weighted by atomic mass is 10.2. The fraction of sp³-hybridized carbons (Fsp3) is 0.353. The minimum absolute atomic E-state index is 0.235. The highest BCUT2D eigenvalue weighted by Gasteiger charge is 2.14. The van der Waals surface area contributed by atoms with Crippen molar-refractivity contribution in [3.05, 3.63) is 48.2 Å². The van der Waals surface area contributed by atoms with Gasteiger partial charge in [0.15, 0.2) is 0 Å². The third-order valence-electron chi connectivity index (χ3n) is 3.67. The molecule has 0 fully saturated rings. The van der Waals surface area contributed by atoms with Crippen molar-refractivity contribution in [1.82, 2.24) is 4.98 Å². The summed E-state index contributed by atoms with van der Waals surface area (Å²) in [4.78, 5) is 4.39. The number of hydrogen-bond donors (Lipinski definition) is 2. The van der Waals surface area contributed by atoms with Crippen LogP contribution >= 0.6 is 0 Å². The number of nitrogens with zero attached hydrogens (tertiary/aromatic N) is 1. The molecule has 0 aliphatic rings. The number of rotatable bonds is 7. The van der Waals surface area contributed by atoms with Crippen LogP contribution in [0, 0.1) is 0 Å². The van der Waals surface area contributed by atoms with Gasteiger partial charge in [0.05, 0.1) is 16.8 Å². The first-order chi connectivity index (χ1) is 10.9. The van der Waals surface area contributed by atoms with Crippen LogP contribution in [-0.2, 0) is 16.4 Å². The molecule has 5 nitrogen and oxygen atoms in total. The Morgan fingerprint density at radius 3 is 2.30 bits per heavy atom. The standard InChI is InChI=1S/C17H23N3O2S/c1-4-13(3)19-15-8-11-17(18-12-15)20-23(21,22)16-9-6-14(5-2)7-10-16/h6-13,19H,4-5H2,1-3H3,(H,18,20). The highest BCUT2D eigenvalue weighted by Crippen LogP contribution is 2.17. The summed E-state index contributed by atoms with van der Waals surface area (Å²) in [7, 11) is -3.61. The summed E-state index contributed by atoms with van der Waals surface area (Å²) in [6.07, 6.45) is 3.51. The Labute approximate surface area is 138 Å². The molecule has 2 aromatic rings.